The van der Waals surface area contributed by atoms with Crippen molar-refractivity contribution in [3.05, 3.63) is 47.7 Å². The average molecular weight is 369 g/mol. The number of benzene rings is 1. The van der Waals surface area contributed by atoms with E-state index in [-0.39, 0.29) is 11.8 Å². The molecule has 0 aromatic heterocycles. The molecule has 27 heavy (non-hydrogen) atoms. The van der Waals surface area contributed by atoms with Crippen molar-refractivity contribution >= 4 is 11.8 Å². The predicted molar refractivity (Wildman–Crippen MR) is 108 cm³/mol. The van der Waals surface area contributed by atoms with Gasteiger partial charge < -0.3 is 9.80 Å². The summed E-state index contributed by atoms with van der Waals surface area (Å²) in [7, 11) is 0. The van der Waals surface area contributed by atoms with E-state index in [1.807, 2.05) is 47.1 Å². The van der Waals surface area contributed by atoms with E-state index in [1.165, 1.54) is 25.0 Å². The van der Waals surface area contributed by atoms with Crippen LogP contribution in [0.15, 0.2) is 42.1 Å². The Kier molecular flexibility index (Phi) is 7.08. The number of likely N-dealkylation sites (tertiary alicyclic amines) is 1. The van der Waals surface area contributed by atoms with E-state index < -0.39 is 0 Å². The van der Waals surface area contributed by atoms with Gasteiger partial charge >= 0.3 is 0 Å². The Morgan fingerprint density at radius 1 is 1.11 bits per heavy atom. The zero-order valence-electron chi connectivity index (χ0n) is 16.5. The number of piperidine rings is 1. The van der Waals surface area contributed by atoms with Crippen LogP contribution in [-0.2, 0) is 16.1 Å². The third kappa shape index (κ3) is 5.21. The van der Waals surface area contributed by atoms with Crippen molar-refractivity contribution < 1.29 is 9.59 Å². The highest BCUT2D eigenvalue weighted by Crippen LogP contribution is 2.35. The summed E-state index contributed by atoms with van der Waals surface area (Å²) in [6.07, 6.45) is 9.72. The lowest BCUT2D eigenvalue weighted by Crippen LogP contribution is -2.39. The molecule has 0 bridgehead atoms. The van der Waals surface area contributed by atoms with E-state index in [1.54, 1.807) is 0 Å². The van der Waals surface area contributed by atoms with Crippen molar-refractivity contribution in [2.75, 3.05) is 13.1 Å². The fourth-order valence-corrected chi connectivity index (χ4v) is 4.31. The average Bonchev–Trinajstić information content (AvgIpc) is 2.72. The maximum Gasteiger partial charge on any atom is 0.226 e. The highest BCUT2D eigenvalue weighted by Gasteiger charge is 2.30. The lowest BCUT2D eigenvalue weighted by atomic mass is 9.85. The fourth-order valence-electron chi connectivity index (χ4n) is 4.31. The van der Waals surface area contributed by atoms with Crippen molar-refractivity contribution in [1.82, 2.24) is 9.80 Å². The summed E-state index contributed by atoms with van der Waals surface area (Å²) >= 11 is 0. The lowest BCUT2D eigenvalue weighted by Gasteiger charge is -2.38. The molecule has 1 unspecified atom stereocenters. The van der Waals surface area contributed by atoms with Crippen molar-refractivity contribution in [1.29, 1.82) is 0 Å². The second-order valence-corrected chi connectivity index (χ2v) is 7.69. The minimum absolute atomic E-state index is 0.141. The van der Waals surface area contributed by atoms with Gasteiger partial charge in [-0.1, -0.05) is 36.4 Å². The first-order valence-corrected chi connectivity index (χ1v) is 10.5. The second kappa shape index (κ2) is 9.72. The van der Waals surface area contributed by atoms with Crippen LogP contribution in [0.2, 0.25) is 0 Å². The van der Waals surface area contributed by atoms with Gasteiger partial charge in [0.15, 0.2) is 0 Å². The van der Waals surface area contributed by atoms with Gasteiger partial charge in [0.1, 0.15) is 0 Å². The van der Waals surface area contributed by atoms with Crippen molar-refractivity contribution in [2.45, 2.75) is 64.8 Å². The highest BCUT2D eigenvalue weighted by molar-refractivity contribution is 5.80. The maximum absolute atomic E-state index is 12.7. The van der Waals surface area contributed by atoms with Crippen LogP contribution in [0.25, 0.3) is 0 Å². The largest absolute Gasteiger partial charge is 0.339 e. The number of hydrogen-bond acceptors (Lipinski definition) is 2. The molecule has 1 aromatic rings. The molecule has 1 aliphatic carbocycles. The maximum atomic E-state index is 12.7. The van der Waals surface area contributed by atoms with Crippen LogP contribution in [0.1, 0.15) is 63.9 Å². The van der Waals surface area contributed by atoms with Gasteiger partial charge in [-0.3, -0.25) is 9.59 Å². The van der Waals surface area contributed by atoms with Crippen molar-refractivity contribution in [3.63, 3.8) is 0 Å². The summed E-state index contributed by atoms with van der Waals surface area (Å²) < 4.78 is 0. The molecule has 1 aromatic carbocycles. The molecule has 0 spiro atoms. The molecule has 1 aliphatic heterocycles. The standard InChI is InChI=1S/C23H32N2O2/c1-2-24(18-19-10-4-3-5-11-19)22(26)15-8-16-23(27)25-17-9-13-20-12-6-7-14-21(20)25/h3-5,10-11,14,20H,2,6-9,12-13,15-18H2,1H3. The topological polar surface area (TPSA) is 40.6 Å². The number of fused-ring (bicyclic) bond motifs is 1. The summed E-state index contributed by atoms with van der Waals surface area (Å²) in [5.41, 5.74) is 2.41. The van der Waals surface area contributed by atoms with E-state index in [0.29, 0.717) is 38.3 Å². The van der Waals surface area contributed by atoms with Crippen molar-refractivity contribution in [3.8, 4) is 0 Å². The number of amides is 2. The van der Waals surface area contributed by atoms with E-state index in [0.717, 1.165) is 24.9 Å². The summed E-state index contributed by atoms with van der Waals surface area (Å²) in [6.45, 7) is 4.20. The van der Waals surface area contributed by atoms with E-state index in [9.17, 15) is 9.59 Å². The quantitative estimate of drug-likeness (QED) is 0.710. The number of carbonyl (C=O) groups is 2. The molecule has 0 saturated carbocycles. The van der Waals surface area contributed by atoms with E-state index in [2.05, 4.69) is 6.08 Å². The third-order valence-electron chi connectivity index (χ3n) is 5.81. The monoisotopic (exact) mass is 368 g/mol. The molecular weight excluding hydrogens is 336 g/mol. The molecule has 4 heteroatoms. The molecule has 2 amide bonds. The number of rotatable bonds is 7. The Balaban J connectivity index is 1.47. The van der Waals surface area contributed by atoms with Crippen LogP contribution in [-0.4, -0.2) is 34.7 Å². The van der Waals surface area contributed by atoms with Crippen LogP contribution in [0.3, 0.4) is 0 Å². The summed E-state index contributed by atoms with van der Waals surface area (Å²) in [5.74, 6) is 0.925. The van der Waals surface area contributed by atoms with Crippen molar-refractivity contribution in [2.24, 2.45) is 5.92 Å². The first-order chi connectivity index (χ1) is 13.2. The number of hydrogen-bond donors (Lipinski definition) is 0. The summed E-state index contributed by atoms with van der Waals surface area (Å²) in [6, 6.07) is 10.1. The molecule has 1 fully saturated rings. The molecule has 1 heterocycles. The second-order valence-electron chi connectivity index (χ2n) is 7.69. The van der Waals surface area contributed by atoms with Gasteiger partial charge in [0.05, 0.1) is 0 Å². The Morgan fingerprint density at radius 2 is 1.89 bits per heavy atom. The van der Waals surface area contributed by atoms with Gasteiger partial charge in [0.2, 0.25) is 11.8 Å². The smallest absolute Gasteiger partial charge is 0.226 e. The summed E-state index contributed by atoms with van der Waals surface area (Å²) in [4.78, 5) is 29.2. The molecule has 4 nitrogen and oxygen atoms in total. The Hall–Kier alpha value is -2.10. The third-order valence-corrected chi connectivity index (χ3v) is 5.81. The van der Waals surface area contributed by atoms with Gasteiger partial charge in [-0.2, -0.15) is 0 Å². The van der Waals surface area contributed by atoms with Gasteiger partial charge in [0, 0.05) is 38.2 Å². The number of carbonyl (C=O) groups excluding carboxylic acids is 2. The Bertz CT molecular complexity index is 668. The minimum Gasteiger partial charge on any atom is -0.339 e. The molecule has 146 valence electrons. The van der Waals surface area contributed by atoms with Gasteiger partial charge in [0.25, 0.3) is 0 Å². The molecular formula is C23H32N2O2. The van der Waals surface area contributed by atoms with Crippen LogP contribution in [0.5, 0.6) is 0 Å². The fraction of sp³-hybridized carbons (Fsp3) is 0.565. The van der Waals surface area contributed by atoms with Crippen LogP contribution in [0.4, 0.5) is 0 Å². The number of nitrogens with zero attached hydrogens (tertiary/aromatic N) is 2. The molecule has 1 atom stereocenters. The molecule has 0 radical (unpaired) electrons. The molecule has 1 saturated heterocycles. The molecule has 3 rings (SSSR count). The van der Waals surface area contributed by atoms with Gasteiger partial charge in [-0.15, -0.1) is 0 Å². The zero-order chi connectivity index (χ0) is 19.1. The predicted octanol–water partition coefficient (Wildman–Crippen LogP) is 4.51. The van der Waals surface area contributed by atoms with Crippen LogP contribution < -0.4 is 0 Å². The van der Waals surface area contributed by atoms with Gasteiger partial charge in [-0.05, 0) is 56.9 Å². The first-order valence-electron chi connectivity index (χ1n) is 10.5. The van der Waals surface area contributed by atoms with Gasteiger partial charge in [-0.25, -0.2) is 0 Å². The highest BCUT2D eigenvalue weighted by atomic mass is 16.2. The first kappa shape index (κ1) is 19.7. The zero-order valence-corrected chi connectivity index (χ0v) is 16.5. The normalized spacial score (nSPS) is 19.2. The van der Waals surface area contributed by atoms with Crippen LogP contribution in [0, 0.1) is 5.92 Å². The van der Waals surface area contributed by atoms with E-state index >= 15 is 0 Å². The number of allylic oxidation sites excluding steroid dienone is 2. The van der Waals surface area contributed by atoms with Crippen LogP contribution >= 0.6 is 0 Å². The lowest BCUT2D eigenvalue weighted by molar-refractivity contribution is -0.132. The molecule has 2 aliphatic rings. The van der Waals surface area contributed by atoms with E-state index in [4.69, 9.17) is 0 Å². The Morgan fingerprint density at radius 3 is 2.67 bits per heavy atom. The Labute approximate surface area is 163 Å². The SMILES string of the molecule is CCN(Cc1ccccc1)C(=O)CCCC(=O)N1CCCC2CCCC=C21. The molecule has 0 N–H and O–H groups in total. The minimum atomic E-state index is 0.141. The summed E-state index contributed by atoms with van der Waals surface area (Å²) in [5, 5.41) is 0.